The molecular formula is C12H19NO2S2. The van der Waals surface area contributed by atoms with Gasteiger partial charge in [-0.2, -0.15) is 0 Å². The Labute approximate surface area is 108 Å². The molecule has 0 aliphatic rings. The fourth-order valence-corrected chi connectivity index (χ4v) is 3.74. The second-order valence-electron chi connectivity index (χ2n) is 4.27. The summed E-state index contributed by atoms with van der Waals surface area (Å²) in [6, 6.07) is 8.13. The van der Waals surface area contributed by atoms with E-state index in [1.807, 2.05) is 31.2 Å². The molecule has 1 rings (SSSR count). The van der Waals surface area contributed by atoms with Gasteiger partial charge < -0.3 is 5.73 Å². The van der Waals surface area contributed by atoms with Gasteiger partial charge in [-0.25, -0.2) is 8.42 Å². The van der Waals surface area contributed by atoms with Crippen molar-refractivity contribution in [1.82, 2.24) is 0 Å². The minimum absolute atomic E-state index is 0.117. The second-order valence-corrected chi connectivity index (χ2v) is 7.66. The third kappa shape index (κ3) is 6.10. The summed E-state index contributed by atoms with van der Waals surface area (Å²) in [5, 5.41) is 0. The first-order valence-electron chi connectivity index (χ1n) is 5.52. The summed E-state index contributed by atoms with van der Waals surface area (Å²) in [5.74, 6) is 0.805. The fraction of sp³-hybridized carbons (Fsp3) is 0.500. The molecule has 1 aromatic carbocycles. The topological polar surface area (TPSA) is 60.2 Å². The van der Waals surface area contributed by atoms with Crippen LogP contribution in [0.15, 0.2) is 29.2 Å². The van der Waals surface area contributed by atoms with Crippen LogP contribution in [0.1, 0.15) is 12.5 Å². The van der Waals surface area contributed by atoms with Crippen LogP contribution in [0.25, 0.3) is 0 Å². The lowest BCUT2D eigenvalue weighted by atomic mass is 10.1. The summed E-state index contributed by atoms with van der Waals surface area (Å²) < 4.78 is 22.1. The first-order chi connectivity index (χ1) is 7.88. The Kier molecular flexibility index (Phi) is 5.49. The van der Waals surface area contributed by atoms with E-state index in [1.54, 1.807) is 11.8 Å². The highest BCUT2D eigenvalue weighted by molar-refractivity contribution is 8.00. The van der Waals surface area contributed by atoms with E-state index in [0.29, 0.717) is 5.75 Å². The third-order valence-electron chi connectivity index (χ3n) is 2.23. The standard InChI is InChI=1S/C12H19NO2S2/c1-10(13)9-11-5-3-4-6-12(11)16-7-8-17(2,14)15/h3-6,10H,7-9,13H2,1-2H3. The lowest BCUT2D eigenvalue weighted by Crippen LogP contribution is -2.18. The van der Waals surface area contributed by atoms with Crippen LogP contribution in [0.4, 0.5) is 0 Å². The molecule has 0 aliphatic heterocycles. The molecule has 0 saturated heterocycles. The van der Waals surface area contributed by atoms with Gasteiger partial charge in [0.15, 0.2) is 0 Å². The van der Waals surface area contributed by atoms with Gasteiger partial charge in [0.1, 0.15) is 9.84 Å². The van der Waals surface area contributed by atoms with Crippen molar-refractivity contribution < 1.29 is 8.42 Å². The van der Waals surface area contributed by atoms with Crippen LogP contribution in [-0.4, -0.2) is 32.2 Å². The highest BCUT2D eigenvalue weighted by atomic mass is 32.2. The number of benzene rings is 1. The van der Waals surface area contributed by atoms with Crippen molar-refractivity contribution in [2.75, 3.05) is 17.8 Å². The molecule has 96 valence electrons. The van der Waals surface area contributed by atoms with E-state index in [-0.39, 0.29) is 11.8 Å². The summed E-state index contributed by atoms with van der Waals surface area (Å²) >= 11 is 1.58. The molecule has 0 saturated carbocycles. The van der Waals surface area contributed by atoms with Crippen LogP contribution in [-0.2, 0) is 16.3 Å². The maximum absolute atomic E-state index is 11.1. The molecule has 0 fully saturated rings. The van der Waals surface area contributed by atoms with Crippen molar-refractivity contribution in [1.29, 1.82) is 0 Å². The van der Waals surface area contributed by atoms with E-state index >= 15 is 0 Å². The molecule has 0 radical (unpaired) electrons. The Balaban J connectivity index is 2.64. The van der Waals surface area contributed by atoms with E-state index in [1.165, 1.54) is 11.8 Å². The molecule has 0 aliphatic carbocycles. The van der Waals surface area contributed by atoms with Gasteiger partial charge in [-0.15, -0.1) is 11.8 Å². The molecule has 0 heterocycles. The lowest BCUT2D eigenvalue weighted by molar-refractivity contribution is 0.603. The zero-order valence-electron chi connectivity index (χ0n) is 10.2. The van der Waals surface area contributed by atoms with Gasteiger partial charge in [-0.05, 0) is 25.0 Å². The molecule has 1 unspecified atom stereocenters. The fourth-order valence-electron chi connectivity index (χ4n) is 1.46. The molecule has 0 aromatic heterocycles. The Morgan fingerprint density at radius 2 is 2.00 bits per heavy atom. The van der Waals surface area contributed by atoms with Gasteiger partial charge in [0, 0.05) is 22.9 Å². The van der Waals surface area contributed by atoms with Crippen LogP contribution in [0.5, 0.6) is 0 Å². The largest absolute Gasteiger partial charge is 0.328 e. The smallest absolute Gasteiger partial charge is 0.148 e. The maximum atomic E-state index is 11.1. The van der Waals surface area contributed by atoms with Crippen LogP contribution in [0, 0.1) is 0 Å². The summed E-state index contributed by atoms with van der Waals surface area (Å²) in [5.41, 5.74) is 6.98. The van der Waals surface area contributed by atoms with Crippen molar-refractivity contribution in [2.24, 2.45) is 5.73 Å². The number of rotatable bonds is 6. The van der Waals surface area contributed by atoms with Gasteiger partial charge in [0.25, 0.3) is 0 Å². The van der Waals surface area contributed by atoms with E-state index in [2.05, 4.69) is 0 Å². The molecule has 3 nitrogen and oxygen atoms in total. The quantitative estimate of drug-likeness (QED) is 0.802. The van der Waals surface area contributed by atoms with Gasteiger partial charge >= 0.3 is 0 Å². The average molecular weight is 273 g/mol. The molecular weight excluding hydrogens is 254 g/mol. The van der Waals surface area contributed by atoms with E-state index in [0.717, 1.165) is 11.3 Å². The molecule has 1 atom stereocenters. The minimum Gasteiger partial charge on any atom is -0.328 e. The lowest BCUT2D eigenvalue weighted by Gasteiger charge is -2.10. The first kappa shape index (κ1) is 14.5. The molecule has 0 amide bonds. The van der Waals surface area contributed by atoms with E-state index < -0.39 is 9.84 Å². The summed E-state index contributed by atoms with van der Waals surface area (Å²) in [6.07, 6.45) is 2.09. The number of sulfone groups is 1. The predicted molar refractivity (Wildman–Crippen MR) is 74.2 cm³/mol. The van der Waals surface area contributed by atoms with Crippen molar-refractivity contribution in [3.63, 3.8) is 0 Å². The van der Waals surface area contributed by atoms with Crippen molar-refractivity contribution in [3.8, 4) is 0 Å². The molecule has 0 bridgehead atoms. The predicted octanol–water partition coefficient (Wildman–Crippen LogP) is 1.71. The normalized spacial score (nSPS) is 13.6. The van der Waals surface area contributed by atoms with Gasteiger partial charge in [0.05, 0.1) is 5.75 Å². The number of hydrogen-bond donors (Lipinski definition) is 1. The Bertz CT molecular complexity index is 455. The van der Waals surface area contributed by atoms with Crippen molar-refractivity contribution >= 4 is 21.6 Å². The number of hydrogen-bond acceptors (Lipinski definition) is 4. The molecule has 0 spiro atoms. The molecule has 1 aromatic rings. The van der Waals surface area contributed by atoms with E-state index in [4.69, 9.17) is 5.73 Å². The number of thioether (sulfide) groups is 1. The Morgan fingerprint density at radius 1 is 1.35 bits per heavy atom. The number of nitrogens with two attached hydrogens (primary N) is 1. The Morgan fingerprint density at radius 3 is 2.59 bits per heavy atom. The third-order valence-corrected chi connectivity index (χ3v) is 4.55. The summed E-state index contributed by atoms with van der Waals surface area (Å²) in [7, 11) is -2.88. The van der Waals surface area contributed by atoms with Crippen molar-refractivity contribution in [2.45, 2.75) is 24.3 Å². The summed E-state index contributed by atoms with van der Waals surface area (Å²) in [4.78, 5) is 1.13. The highest BCUT2D eigenvalue weighted by Crippen LogP contribution is 2.23. The summed E-state index contributed by atoms with van der Waals surface area (Å²) in [6.45, 7) is 1.97. The minimum atomic E-state index is -2.88. The zero-order valence-corrected chi connectivity index (χ0v) is 11.9. The maximum Gasteiger partial charge on any atom is 0.148 e. The SMILES string of the molecule is CC(N)Cc1ccccc1SCCS(C)(=O)=O. The van der Waals surface area contributed by atoms with E-state index in [9.17, 15) is 8.42 Å². The Hall–Kier alpha value is -0.520. The first-order valence-corrected chi connectivity index (χ1v) is 8.57. The second kappa shape index (κ2) is 6.42. The average Bonchev–Trinajstić information content (AvgIpc) is 2.18. The zero-order chi connectivity index (χ0) is 12.9. The van der Waals surface area contributed by atoms with Gasteiger partial charge in [0.2, 0.25) is 0 Å². The highest BCUT2D eigenvalue weighted by Gasteiger charge is 2.07. The van der Waals surface area contributed by atoms with Crippen LogP contribution < -0.4 is 5.73 Å². The van der Waals surface area contributed by atoms with Crippen LogP contribution in [0.2, 0.25) is 0 Å². The molecule has 5 heteroatoms. The molecule has 17 heavy (non-hydrogen) atoms. The van der Waals surface area contributed by atoms with Crippen LogP contribution in [0.3, 0.4) is 0 Å². The van der Waals surface area contributed by atoms with Crippen molar-refractivity contribution in [3.05, 3.63) is 29.8 Å². The van der Waals surface area contributed by atoms with Gasteiger partial charge in [-0.3, -0.25) is 0 Å². The molecule has 2 N–H and O–H groups in total. The van der Waals surface area contributed by atoms with Crippen LogP contribution >= 0.6 is 11.8 Å². The monoisotopic (exact) mass is 273 g/mol. The van der Waals surface area contributed by atoms with Gasteiger partial charge in [-0.1, -0.05) is 18.2 Å².